The number of carbonyl (C=O) groups is 4. The molecule has 0 saturated carbocycles. The maximum atomic E-state index is 13.8. The second kappa shape index (κ2) is 16.3. The van der Waals surface area contributed by atoms with Crippen LogP contribution in [0.3, 0.4) is 0 Å². The summed E-state index contributed by atoms with van der Waals surface area (Å²) in [7, 11) is 0. The first-order valence-electron chi connectivity index (χ1n) is 19.0. The highest BCUT2D eigenvalue weighted by molar-refractivity contribution is 7.15. The lowest BCUT2D eigenvalue weighted by atomic mass is 9.99. The number of hydrogen-bond acceptors (Lipinski definition) is 11. The van der Waals surface area contributed by atoms with Gasteiger partial charge in [-0.2, -0.15) is 0 Å². The summed E-state index contributed by atoms with van der Waals surface area (Å²) in [6.07, 6.45) is 2.11. The van der Waals surface area contributed by atoms with Gasteiger partial charge in [0.25, 0.3) is 5.56 Å². The lowest BCUT2D eigenvalue weighted by Gasteiger charge is -2.24. The van der Waals surface area contributed by atoms with E-state index in [1.54, 1.807) is 29.5 Å². The van der Waals surface area contributed by atoms with Crippen LogP contribution < -0.4 is 21.5 Å². The molecule has 5 heterocycles. The Morgan fingerprint density at radius 2 is 1.80 bits per heavy atom. The molecule has 2 aromatic carbocycles. The van der Waals surface area contributed by atoms with Crippen LogP contribution in [0.4, 0.5) is 5.69 Å². The van der Waals surface area contributed by atoms with Crippen LogP contribution in [0, 0.1) is 27.7 Å². The van der Waals surface area contributed by atoms with E-state index in [0.29, 0.717) is 54.3 Å². The van der Waals surface area contributed by atoms with Crippen LogP contribution in [-0.2, 0) is 19.2 Å². The number of aliphatic imine (C=N–C) groups is 1. The SMILES string of the molecule is [2H]C1(n2c(C)nc3cccc(NCC(=O)CCCCCNC(=O)CC4N=C(c5ccc(Cl)cc5)c5c(sc(C)c5C)-n5c(C)nnc54)c3c2=O)CCC(=O)NC1=O. The number of benzene rings is 2. The van der Waals surface area contributed by atoms with E-state index < -0.39 is 29.4 Å². The molecule has 14 nitrogen and oxygen atoms in total. The summed E-state index contributed by atoms with van der Waals surface area (Å²) in [6.45, 7) is 7.98. The van der Waals surface area contributed by atoms with Crippen molar-refractivity contribution in [2.45, 2.75) is 84.7 Å². The Balaban J connectivity index is 0.938. The molecule has 0 spiro atoms. The molecule has 56 heavy (non-hydrogen) atoms. The van der Waals surface area contributed by atoms with Crippen molar-refractivity contribution in [2.75, 3.05) is 18.4 Å². The number of anilines is 1. The Morgan fingerprint density at radius 1 is 1.02 bits per heavy atom. The zero-order chi connectivity index (χ0) is 40.6. The molecule has 2 aliphatic heterocycles. The lowest BCUT2D eigenvalue weighted by Crippen LogP contribution is -2.45. The number of aromatic nitrogens is 5. The third-order valence-electron chi connectivity index (χ3n) is 10.1. The fraction of sp³-hybridized carbons (Fsp3) is 0.375. The number of amides is 3. The Kier molecular flexibility index (Phi) is 10.9. The van der Waals surface area contributed by atoms with Gasteiger partial charge in [-0.05, 0) is 76.8 Å². The van der Waals surface area contributed by atoms with Crippen LogP contribution in [0.5, 0.6) is 0 Å². The number of fused-ring (bicyclic) bond motifs is 4. The number of imide groups is 1. The standard InChI is InChI=1S/C40H42ClN9O5S/c1-21-22(2)56-40-34(21)36(25-12-14-26(41)15-13-25)45-30(37-48-47-24(4)50(37)40)19-33(53)42-18-7-5-6-9-27(51)20-43-28-10-8-11-29-35(28)39(55)49(23(3)44-29)31-16-17-32(52)46-38(31)54/h8,10-15,30-31,43H,5-7,9,16-20H2,1-4H3,(H,42,53)(H,46,52,54)/i31D. The minimum Gasteiger partial charge on any atom is -0.377 e. The maximum absolute atomic E-state index is 13.8. The molecule has 0 bridgehead atoms. The van der Waals surface area contributed by atoms with Crippen molar-refractivity contribution in [3.05, 3.63) is 96.9 Å². The number of halogens is 1. The van der Waals surface area contributed by atoms with Crippen LogP contribution in [0.25, 0.3) is 15.9 Å². The average Bonchev–Trinajstić information content (AvgIpc) is 3.65. The molecular formula is C40H42ClN9O5S. The van der Waals surface area contributed by atoms with Gasteiger partial charge < -0.3 is 10.6 Å². The van der Waals surface area contributed by atoms with Gasteiger partial charge in [0.2, 0.25) is 17.7 Å². The van der Waals surface area contributed by atoms with Crippen LogP contribution in [0.2, 0.25) is 5.02 Å². The smallest absolute Gasteiger partial charge is 0.264 e. The normalized spacial score (nSPS) is 18.1. The van der Waals surface area contributed by atoms with Crippen molar-refractivity contribution < 1.29 is 20.5 Å². The van der Waals surface area contributed by atoms with Crippen LogP contribution in [0.15, 0.2) is 52.3 Å². The van der Waals surface area contributed by atoms with Gasteiger partial charge in [0, 0.05) is 46.1 Å². The summed E-state index contributed by atoms with van der Waals surface area (Å²) in [5, 5.41) is 18.8. The number of hydrogen-bond donors (Lipinski definition) is 3. The monoisotopic (exact) mass is 796 g/mol. The highest BCUT2D eigenvalue weighted by atomic mass is 35.5. The van der Waals surface area contributed by atoms with Gasteiger partial charge in [0.1, 0.15) is 28.7 Å². The van der Waals surface area contributed by atoms with E-state index in [9.17, 15) is 24.0 Å². The number of piperidine rings is 1. The highest BCUT2D eigenvalue weighted by Gasteiger charge is 2.33. The van der Waals surface area contributed by atoms with Crippen molar-refractivity contribution in [3.8, 4) is 5.00 Å². The topological polar surface area (TPSA) is 182 Å². The Morgan fingerprint density at radius 3 is 2.57 bits per heavy atom. The van der Waals surface area contributed by atoms with Crippen molar-refractivity contribution in [1.82, 2.24) is 34.9 Å². The van der Waals surface area contributed by atoms with E-state index in [1.165, 1.54) is 6.92 Å². The summed E-state index contributed by atoms with van der Waals surface area (Å²) >= 11 is 7.87. The van der Waals surface area contributed by atoms with Crippen LogP contribution >= 0.6 is 22.9 Å². The van der Waals surface area contributed by atoms with Crippen molar-refractivity contribution >= 4 is 68.7 Å². The van der Waals surface area contributed by atoms with Gasteiger partial charge in [0.15, 0.2) is 11.6 Å². The van der Waals surface area contributed by atoms with E-state index in [0.717, 1.165) is 42.7 Å². The maximum Gasteiger partial charge on any atom is 0.264 e. The third kappa shape index (κ3) is 7.78. The van der Waals surface area contributed by atoms with Gasteiger partial charge >= 0.3 is 0 Å². The minimum absolute atomic E-state index is 0.0418. The molecule has 2 unspecified atom stereocenters. The molecule has 0 radical (unpaired) electrons. The number of rotatable bonds is 13. The number of thiophene rings is 1. The molecule has 3 aromatic heterocycles. The molecule has 7 rings (SSSR count). The van der Waals surface area contributed by atoms with Gasteiger partial charge in [-0.15, -0.1) is 21.5 Å². The summed E-state index contributed by atoms with van der Waals surface area (Å²) in [6, 6.07) is 9.93. The summed E-state index contributed by atoms with van der Waals surface area (Å²) in [5.74, 6) is -0.128. The number of aryl methyl sites for hydroxylation is 3. The first kappa shape index (κ1) is 37.4. The van der Waals surface area contributed by atoms with Gasteiger partial charge in [-0.3, -0.25) is 43.4 Å². The number of ketones is 1. The Bertz CT molecular complexity index is 2530. The molecule has 5 aromatic rings. The quantitative estimate of drug-likeness (QED) is 0.102. The largest absolute Gasteiger partial charge is 0.377 e. The van der Waals surface area contributed by atoms with E-state index in [1.807, 2.05) is 35.8 Å². The molecule has 2 aliphatic rings. The lowest BCUT2D eigenvalue weighted by molar-refractivity contribution is -0.136. The zero-order valence-corrected chi connectivity index (χ0v) is 33.1. The number of carbonyl (C=O) groups excluding carboxylic acids is 4. The average molecular weight is 797 g/mol. The van der Waals surface area contributed by atoms with E-state index in [4.69, 9.17) is 18.0 Å². The second-order valence-electron chi connectivity index (χ2n) is 14.0. The minimum atomic E-state index is -2.03. The molecule has 0 aliphatic carbocycles. The molecule has 16 heteroatoms. The van der Waals surface area contributed by atoms with Crippen molar-refractivity contribution in [1.29, 1.82) is 0 Å². The zero-order valence-electron chi connectivity index (χ0n) is 32.5. The van der Waals surface area contributed by atoms with E-state index in [-0.39, 0.29) is 48.7 Å². The second-order valence-corrected chi connectivity index (χ2v) is 15.6. The fourth-order valence-corrected chi connectivity index (χ4v) is 8.48. The molecular weight excluding hydrogens is 754 g/mol. The fourth-order valence-electron chi connectivity index (χ4n) is 7.14. The number of unbranched alkanes of at least 4 members (excludes halogenated alkanes) is 2. The summed E-state index contributed by atoms with van der Waals surface area (Å²) < 4.78 is 11.8. The number of Topliss-reactive ketones (excluding diaryl/α,β-unsaturated/α-hetero) is 1. The number of nitrogens with one attached hydrogen (secondary N) is 3. The first-order valence-corrected chi connectivity index (χ1v) is 19.7. The van der Waals surface area contributed by atoms with E-state index in [2.05, 4.69) is 45.0 Å². The Hall–Kier alpha value is -5.54. The number of nitrogens with zero attached hydrogens (tertiary/aromatic N) is 6. The molecule has 1 saturated heterocycles. The third-order valence-corrected chi connectivity index (χ3v) is 11.5. The van der Waals surface area contributed by atoms with Gasteiger partial charge in [-0.1, -0.05) is 36.2 Å². The Labute approximate surface area is 333 Å². The predicted molar refractivity (Wildman–Crippen MR) is 215 cm³/mol. The highest BCUT2D eigenvalue weighted by Crippen LogP contribution is 2.39. The molecule has 3 N–H and O–H groups in total. The van der Waals surface area contributed by atoms with Crippen LogP contribution in [0.1, 0.15) is 97.4 Å². The van der Waals surface area contributed by atoms with E-state index >= 15 is 0 Å². The van der Waals surface area contributed by atoms with Crippen molar-refractivity contribution in [3.63, 3.8) is 0 Å². The molecule has 1 fully saturated rings. The summed E-state index contributed by atoms with van der Waals surface area (Å²) in [5.41, 5.74) is 3.89. The van der Waals surface area contributed by atoms with Crippen LogP contribution in [-0.4, -0.2) is 66.6 Å². The predicted octanol–water partition coefficient (Wildman–Crippen LogP) is 5.54. The molecule has 3 amide bonds. The summed E-state index contributed by atoms with van der Waals surface area (Å²) in [4.78, 5) is 75.2. The van der Waals surface area contributed by atoms with Gasteiger partial charge in [-0.25, -0.2) is 4.98 Å². The molecule has 290 valence electrons. The van der Waals surface area contributed by atoms with Gasteiger partial charge in [0.05, 0.1) is 31.0 Å². The van der Waals surface area contributed by atoms with Crippen molar-refractivity contribution in [2.24, 2.45) is 4.99 Å². The first-order chi connectivity index (χ1) is 27.3. The molecule has 2 atom stereocenters.